The summed E-state index contributed by atoms with van der Waals surface area (Å²) in [6, 6.07) is 0.705. The van der Waals surface area contributed by atoms with Gasteiger partial charge in [0, 0.05) is 26.2 Å². The molecule has 0 bridgehead atoms. The molecular formula is C13H26N2O. The van der Waals surface area contributed by atoms with E-state index in [9.17, 15) is 0 Å². The molecule has 1 aliphatic carbocycles. The van der Waals surface area contributed by atoms with Crippen LogP contribution in [-0.2, 0) is 4.74 Å². The largest absolute Gasteiger partial charge is 0.377 e. The lowest BCUT2D eigenvalue weighted by atomic mass is 9.79. The molecule has 2 unspecified atom stereocenters. The van der Waals surface area contributed by atoms with Gasteiger partial charge in [0.25, 0.3) is 0 Å². The van der Waals surface area contributed by atoms with Crippen molar-refractivity contribution in [2.24, 2.45) is 5.92 Å². The molecule has 3 nitrogen and oxygen atoms in total. The molecule has 1 heterocycles. The van der Waals surface area contributed by atoms with Crippen LogP contribution >= 0.6 is 0 Å². The predicted molar refractivity (Wildman–Crippen MR) is 66.7 cm³/mol. The van der Waals surface area contributed by atoms with E-state index in [1.807, 2.05) is 7.11 Å². The lowest BCUT2D eigenvalue weighted by molar-refractivity contribution is -0.0966. The van der Waals surface area contributed by atoms with Crippen LogP contribution in [0.3, 0.4) is 0 Å². The van der Waals surface area contributed by atoms with Gasteiger partial charge in [-0.2, -0.15) is 0 Å². The van der Waals surface area contributed by atoms with Crippen molar-refractivity contribution in [3.05, 3.63) is 0 Å². The number of hydrogen-bond donors (Lipinski definition) is 1. The van der Waals surface area contributed by atoms with Crippen molar-refractivity contribution in [3.63, 3.8) is 0 Å². The molecule has 3 heteroatoms. The van der Waals surface area contributed by atoms with Gasteiger partial charge in [-0.3, -0.25) is 0 Å². The molecule has 16 heavy (non-hydrogen) atoms. The van der Waals surface area contributed by atoms with Gasteiger partial charge >= 0.3 is 0 Å². The number of likely N-dealkylation sites (tertiary alicyclic amines) is 1. The maximum atomic E-state index is 5.71. The molecule has 0 aromatic carbocycles. The average Bonchev–Trinajstić information content (AvgIpc) is 2.24. The highest BCUT2D eigenvalue weighted by Crippen LogP contribution is 2.36. The summed E-state index contributed by atoms with van der Waals surface area (Å²) < 4.78 is 5.71. The van der Waals surface area contributed by atoms with E-state index in [-0.39, 0.29) is 5.60 Å². The SMILES string of the molecule is CNC1CCN(CC2(OC)CCC2)CC1C. The molecule has 1 aliphatic heterocycles. The standard InChI is InChI=1S/C13H26N2O/c1-11-9-15(8-5-12(11)14-2)10-13(16-3)6-4-7-13/h11-12,14H,4-10H2,1-3H3. The summed E-state index contributed by atoms with van der Waals surface area (Å²) in [6.45, 7) is 5.94. The third-order valence-electron chi connectivity index (χ3n) is 4.57. The van der Waals surface area contributed by atoms with Crippen LogP contribution < -0.4 is 5.32 Å². The van der Waals surface area contributed by atoms with Crippen LogP contribution in [0.2, 0.25) is 0 Å². The second-order valence-corrected chi connectivity index (χ2v) is 5.64. The van der Waals surface area contributed by atoms with E-state index in [1.165, 1.54) is 38.8 Å². The van der Waals surface area contributed by atoms with Crippen LogP contribution in [0.4, 0.5) is 0 Å². The van der Waals surface area contributed by atoms with E-state index in [0.29, 0.717) is 6.04 Å². The zero-order chi connectivity index (χ0) is 11.6. The first-order valence-electron chi connectivity index (χ1n) is 6.64. The Morgan fingerprint density at radius 1 is 1.44 bits per heavy atom. The van der Waals surface area contributed by atoms with Gasteiger partial charge < -0.3 is 15.0 Å². The minimum absolute atomic E-state index is 0.201. The molecule has 2 fully saturated rings. The Hall–Kier alpha value is -0.120. The minimum atomic E-state index is 0.201. The number of hydrogen-bond acceptors (Lipinski definition) is 3. The molecule has 0 spiro atoms. The van der Waals surface area contributed by atoms with Gasteiger partial charge in [-0.25, -0.2) is 0 Å². The van der Waals surface area contributed by atoms with Crippen molar-refractivity contribution in [1.29, 1.82) is 0 Å². The highest BCUT2D eigenvalue weighted by Gasteiger charge is 2.39. The molecule has 1 saturated carbocycles. The Bertz CT molecular complexity index is 222. The molecule has 2 rings (SSSR count). The highest BCUT2D eigenvalue weighted by molar-refractivity contribution is 4.94. The fraction of sp³-hybridized carbons (Fsp3) is 1.00. The van der Waals surface area contributed by atoms with Crippen LogP contribution in [0.5, 0.6) is 0 Å². The maximum Gasteiger partial charge on any atom is 0.0805 e. The van der Waals surface area contributed by atoms with Crippen LogP contribution in [0.25, 0.3) is 0 Å². The smallest absolute Gasteiger partial charge is 0.0805 e. The minimum Gasteiger partial charge on any atom is -0.377 e. The van der Waals surface area contributed by atoms with E-state index < -0.39 is 0 Å². The van der Waals surface area contributed by atoms with E-state index in [1.54, 1.807) is 0 Å². The number of nitrogens with zero attached hydrogens (tertiary/aromatic N) is 1. The van der Waals surface area contributed by atoms with Crippen LogP contribution in [-0.4, -0.2) is 50.3 Å². The van der Waals surface area contributed by atoms with Gasteiger partial charge in [-0.15, -0.1) is 0 Å². The van der Waals surface area contributed by atoms with Crippen molar-refractivity contribution in [1.82, 2.24) is 10.2 Å². The molecule has 0 amide bonds. The van der Waals surface area contributed by atoms with Crippen LogP contribution in [0, 0.1) is 5.92 Å². The van der Waals surface area contributed by atoms with E-state index in [0.717, 1.165) is 12.5 Å². The number of rotatable bonds is 4. The number of piperidine rings is 1. The third-order valence-corrected chi connectivity index (χ3v) is 4.57. The lowest BCUT2D eigenvalue weighted by Gasteiger charge is -2.46. The highest BCUT2D eigenvalue weighted by atomic mass is 16.5. The van der Waals surface area contributed by atoms with Crippen LogP contribution in [0.1, 0.15) is 32.6 Å². The second-order valence-electron chi connectivity index (χ2n) is 5.64. The third kappa shape index (κ3) is 2.41. The summed E-state index contributed by atoms with van der Waals surface area (Å²) >= 11 is 0. The Balaban J connectivity index is 1.83. The molecule has 94 valence electrons. The summed E-state index contributed by atoms with van der Waals surface area (Å²) in [5, 5.41) is 3.42. The van der Waals surface area contributed by atoms with Gasteiger partial charge in [-0.05, 0) is 45.2 Å². The zero-order valence-electron chi connectivity index (χ0n) is 11.0. The molecule has 1 N–H and O–H groups in total. The number of methoxy groups -OCH3 is 1. The number of nitrogens with one attached hydrogen (secondary N) is 1. The van der Waals surface area contributed by atoms with Gasteiger partial charge in [0.15, 0.2) is 0 Å². The summed E-state index contributed by atoms with van der Waals surface area (Å²) in [5.74, 6) is 0.757. The molecular weight excluding hydrogens is 200 g/mol. The first kappa shape index (κ1) is 12.3. The topological polar surface area (TPSA) is 24.5 Å². The maximum absolute atomic E-state index is 5.71. The van der Waals surface area contributed by atoms with Crippen molar-refractivity contribution >= 4 is 0 Å². The predicted octanol–water partition coefficient (Wildman–Crippen LogP) is 1.49. The Morgan fingerprint density at radius 3 is 2.62 bits per heavy atom. The van der Waals surface area contributed by atoms with E-state index in [4.69, 9.17) is 4.74 Å². The molecule has 1 saturated heterocycles. The summed E-state index contributed by atoms with van der Waals surface area (Å²) in [4.78, 5) is 2.60. The first-order valence-corrected chi connectivity index (χ1v) is 6.64. The Morgan fingerprint density at radius 2 is 2.19 bits per heavy atom. The summed E-state index contributed by atoms with van der Waals surface area (Å²) in [6.07, 6.45) is 5.13. The molecule has 0 radical (unpaired) electrons. The van der Waals surface area contributed by atoms with E-state index >= 15 is 0 Å². The molecule has 2 aliphatic rings. The quantitative estimate of drug-likeness (QED) is 0.786. The normalized spacial score (nSPS) is 34.7. The molecule has 2 atom stereocenters. The Kier molecular flexibility index (Phi) is 3.88. The summed E-state index contributed by atoms with van der Waals surface area (Å²) in [5.41, 5.74) is 0.201. The van der Waals surface area contributed by atoms with Gasteiger partial charge in [0.2, 0.25) is 0 Å². The molecule has 0 aromatic rings. The van der Waals surface area contributed by atoms with Crippen molar-refractivity contribution in [2.45, 2.75) is 44.2 Å². The Labute approximate surface area is 99.5 Å². The van der Waals surface area contributed by atoms with Gasteiger partial charge in [0.05, 0.1) is 5.60 Å². The fourth-order valence-corrected chi connectivity index (χ4v) is 3.21. The van der Waals surface area contributed by atoms with Gasteiger partial charge in [-0.1, -0.05) is 6.92 Å². The van der Waals surface area contributed by atoms with Crippen molar-refractivity contribution in [2.75, 3.05) is 33.8 Å². The molecule has 0 aromatic heterocycles. The number of ether oxygens (including phenoxy) is 1. The fourth-order valence-electron chi connectivity index (χ4n) is 3.21. The second kappa shape index (κ2) is 5.03. The lowest BCUT2D eigenvalue weighted by Crippen LogP contribution is -2.54. The van der Waals surface area contributed by atoms with Crippen LogP contribution in [0.15, 0.2) is 0 Å². The van der Waals surface area contributed by atoms with Crippen molar-refractivity contribution < 1.29 is 4.74 Å². The monoisotopic (exact) mass is 226 g/mol. The first-order chi connectivity index (χ1) is 7.69. The summed E-state index contributed by atoms with van der Waals surface area (Å²) in [7, 11) is 3.96. The zero-order valence-corrected chi connectivity index (χ0v) is 11.0. The van der Waals surface area contributed by atoms with E-state index in [2.05, 4.69) is 24.2 Å². The van der Waals surface area contributed by atoms with Crippen molar-refractivity contribution in [3.8, 4) is 0 Å². The average molecular weight is 226 g/mol. The van der Waals surface area contributed by atoms with Gasteiger partial charge in [0.1, 0.15) is 0 Å².